The number of rotatable bonds is 5. The molecule has 2 aromatic rings. The van der Waals surface area contributed by atoms with Crippen LogP contribution in [0.1, 0.15) is 29.4 Å². The smallest absolute Gasteiger partial charge is 0.264 e. The molecular weight excluding hydrogens is 316 g/mol. The minimum absolute atomic E-state index is 0.164. The Morgan fingerprint density at radius 2 is 2.27 bits per heavy atom. The fraction of sp³-hybridized carbons (Fsp3) is 0.600. The highest BCUT2D eigenvalue weighted by Crippen LogP contribution is 2.34. The summed E-state index contributed by atoms with van der Waals surface area (Å²) in [6.07, 6.45) is 2.04. The van der Waals surface area contributed by atoms with Crippen molar-refractivity contribution in [2.24, 2.45) is 0 Å². The lowest BCUT2D eigenvalue weighted by atomic mass is 10.2. The largest absolute Gasteiger partial charge is 0.354 e. The van der Waals surface area contributed by atoms with E-state index in [-0.39, 0.29) is 5.91 Å². The molecule has 3 rings (SSSR count). The van der Waals surface area contributed by atoms with E-state index in [1.165, 1.54) is 11.3 Å². The van der Waals surface area contributed by atoms with Crippen molar-refractivity contribution in [1.29, 1.82) is 0 Å². The Kier molecular flexibility index (Phi) is 4.65. The van der Waals surface area contributed by atoms with Crippen molar-refractivity contribution in [1.82, 2.24) is 15.2 Å². The standard InChI is InChI=1S/C15H22N4OS2/c1-4-7-19(10-5-6-16-9-10)14(20)12-8-11-13(21-12)17-15(22-11)18(2)3/h8,10,16H,4-7,9H2,1-3H3. The summed E-state index contributed by atoms with van der Waals surface area (Å²) in [6.45, 7) is 4.87. The van der Waals surface area contributed by atoms with Crippen LogP contribution < -0.4 is 10.2 Å². The molecule has 120 valence electrons. The first kappa shape index (κ1) is 15.7. The number of aromatic nitrogens is 1. The van der Waals surface area contributed by atoms with Crippen LogP contribution >= 0.6 is 22.7 Å². The maximum absolute atomic E-state index is 12.9. The predicted octanol–water partition coefficient (Wildman–Crippen LogP) is 2.64. The van der Waals surface area contributed by atoms with Gasteiger partial charge in [-0.15, -0.1) is 11.3 Å². The molecule has 1 unspecified atom stereocenters. The Morgan fingerprint density at radius 1 is 1.45 bits per heavy atom. The molecule has 0 saturated carbocycles. The highest BCUT2D eigenvalue weighted by atomic mass is 32.1. The molecule has 0 spiro atoms. The number of hydrogen-bond donors (Lipinski definition) is 1. The van der Waals surface area contributed by atoms with Crippen LogP contribution in [0.2, 0.25) is 0 Å². The van der Waals surface area contributed by atoms with E-state index < -0.39 is 0 Å². The summed E-state index contributed by atoms with van der Waals surface area (Å²) in [4.78, 5) is 23.3. The van der Waals surface area contributed by atoms with Gasteiger partial charge in [-0.2, -0.15) is 0 Å². The van der Waals surface area contributed by atoms with Crippen LogP contribution in [0.15, 0.2) is 6.07 Å². The van der Waals surface area contributed by atoms with E-state index in [9.17, 15) is 4.79 Å². The van der Waals surface area contributed by atoms with Gasteiger partial charge < -0.3 is 15.1 Å². The van der Waals surface area contributed by atoms with Crippen LogP contribution in [-0.4, -0.2) is 55.6 Å². The van der Waals surface area contributed by atoms with E-state index in [1.807, 2.05) is 30.0 Å². The van der Waals surface area contributed by atoms with Crippen LogP contribution in [0.4, 0.5) is 5.13 Å². The fourth-order valence-electron chi connectivity index (χ4n) is 2.76. The SMILES string of the molecule is CCCN(C(=O)c1cc2sc(N(C)C)nc2s1)C1CCNC1. The summed E-state index contributed by atoms with van der Waals surface area (Å²) in [5, 5.41) is 4.34. The van der Waals surface area contributed by atoms with Crippen molar-refractivity contribution >= 4 is 43.2 Å². The molecule has 0 radical (unpaired) electrons. The van der Waals surface area contributed by atoms with E-state index in [0.717, 1.165) is 52.0 Å². The number of thiazole rings is 1. The quantitative estimate of drug-likeness (QED) is 0.910. The second-order valence-corrected chi connectivity index (χ2v) is 7.86. The summed E-state index contributed by atoms with van der Waals surface area (Å²) in [7, 11) is 3.98. The Labute approximate surface area is 138 Å². The van der Waals surface area contributed by atoms with Gasteiger partial charge in [0.25, 0.3) is 5.91 Å². The van der Waals surface area contributed by atoms with Crippen molar-refractivity contribution in [3.05, 3.63) is 10.9 Å². The third-order valence-electron chi connectivity index (χ3n) is 3.87. The van der Waals surface area contributed by atoms with Gasteiger partial charge in [0, 0.05) is 33.2 Å². The third-order valence-corrected chi connectivity index (χ3v) is 6.19. The van der Waals surface area contributed by atoms with Crippen molar-refractivity contribution in [2.45, 2.75) is 25.8 Å². The molecule has 3 heterocycles. The lowest BCUT2D eigenvalue weighted by Gasteiger charge is -2.27. The molecule has 2 aromatic heterocycles. The molecule has 0 aromatic carbocycles. The molecule has 1 aliphatic heterocycles. The normalized spacial score (nSPS) is 18.0. The van der Waals surface area contributed by atoms with Gasteiger partial charge in [-0.3, -0.25) is 4.79 Å². The molecule has 1 atom stereocenters. The third kappa shape index (κ3) is 2.98. The van der Waals surface area contributed by atoms with Crippen molar-refractivity contribution < 1.29 is 4.79 Å². The molecule has 0 aliphatic carbocycles. The molecule has 5 nitrogen and oxygen atoms in total. The summed E-state index contributed by atoms with van der Waals surface area (Å²) in [5.41, 5.74) is 0. The highest BCUT2D eigenvalue weighted by molar-refractivity contribution is 7.29. The van der Waals surface area contributed by atoms with Crippen LogP contribution in [0.3, 0.4) is 0 Å². The molecule has 1 N–H and O–H groups in total. The van der Waals surface area contributed by atoms with Gasteiger partial charge in [0.15, 0.2) is 5.13 Å². The van der Waals surface area contributed by atoms with Crippen molar-refractivity contribution in [3.8, 4) is 0 Å². The van der Waals surface area contributed by atoms with Crippen LogP contribution in [0.25, 0.3) is 9.53 Å². The van der Waals surface area contributed by atoms with Gasteiger partial charge in [0.05, 0.1) is 9.58 Å². The van der Waals surface area contributed by atoms with E-state index in [1.54, 1.807) is 11.3 Å². The molecule has 1 amide bonds. The number of anilines is 1. The fourth-order valence-corrected chi connectivity index (χ4v) is 4.85. The number of carbonyl (C=O) groups excluding carboxylic acids is 1. The second-order valence-electron chi connectivity index (χ2n) is 5.82. The number of nitrogens with zero attached hydrogens (tertiary/aromatic N) is 3. The Hall–Kier alpha value is -1.18. The average molecular weight is 339 g/mol. The zero-order valence-corrected chi connectivity index (χ0v) is 14.9. The van der Waals surface area contributed by atoms with Crippen LogP contribution in [-0.2, 0) is 0 Å². The molecule has 7 heteroatoms. The number of thiophene rings is 1. The average Bonchev–Trinajstić information content (AvgIpc) is 3.18. The van der Waals surface area contributed by atoms with Gasteiger partial charge >= 0.3 is 0 Å². The first-order valence-electron chi connectivity index (χ1n) is 7.69. The van der Waals surface area contributed by atoms with Gasteiger partial charge in [0.2, 0.25) is 0 Å². The first-order chi connectivity index (χ1) is 10.6. The lowest BCUT2D eigenvalue weighted by molar-refractivity contribution is 0.0697. The number of nitrogens with one attached hydrogen (secondary N) is 1. The molecule has 1 fully saturated rings. The molecule has 1 aliphatic rings. The predicted molar refractivity (Wildman–Crippen MR) is 94.4 cm³/mol. The highest BCUT2D eigenvalue weighted by Gasteiger charge is 2.28. The van der Waals surface area contributed by atoms with Crippen LogP contribution in [0, 0.1) is 0 Å². The summed E-state index contributed by atoms with van der Waals surface area (Å²) in [6, 6.07) is 2.34. The zero-order valence-electron chi connectivity index (χ0n) is 13.3. The van der Waals surface area contributed by atoms with E-state index >= 15 is 0 Å². The van der Waals surface area contributed by atoms with Gasteiger partial charge in [-0.1, -0.05) is 18.3 Å². The maximum atomic E-state index is 12.9. The Bertz CT molecular complexity index is 626. The number of fused-ring (bicyclic) bond motifs is 1. The zero-order chi connectivity index (χ0) is 15.7. The summed E-state index contributed by atoms with van der Waals surface area (Å²) in [5.74, 6) is 0.164. The van der Waals surface area contributed by atoms with Crippen molar-refractivity contribution in [2.75, 3.05) is 38.6 Å². The van der Waals surface area contributed by atoms with Gasteiger partial charge in [-0.05, 0) is 25.5 Å². The molecule has 0 bridgehead atoms. The molecule has 1 saturated heterocycles. The van der Waals surface area contributed by atoms with Gasteiger partial charge in [-0.25, -0.2) is 4.98 Å². The topological polar surface area (TPSA) is 48.5 Å². The maximum Gasteiger partial charge on any atom is 0.264 e. The number of amides is 1. The number of hydrogen-bond acceptors (Lipinski definition) is 6. The summed E-state index contributed by atoms with van der Waals surface area (Å²) >= 11 is 3.16. The number of carbonyl (C=O) groups is 1. The van der Waals surface area contributed by atoms with E-state index in [2.05, 4.69) is 17.2 Å². The van der Waals surface area contributed by atoms with Gasteiger partial charge in [0.1, 0.15) is 4.83 Å². The first-order valence-corrected chi connectivity index (χ1v) is 9.32. The molecule has 22 heavy (non-hydrogen) atoms. The van der Waals surface area contributed by atoms with E-state index in [0.29, 0.717) is 6.04 Å². The summed E-state index contributed by atoms with van der Waals surface area (Å²) < 4.78 is 1.11. The minimum atomic E-state index is 0.164. The Balaban J connectivity index is 1.84. The Morgan fingerprint density at radius 3 is 2.86 bits per heavy atom. The van der Waals surface area contributed by atoms with E-state index in [4.69, 9.17) is 0 Å². The second kappa shape index (κ2) is 6.52. The van der Waals surface area contributed by atoms with Crippen molar-refractivity contribution in [3.63, 3.8) is 0 Å². The monoisotopic (exact) mass is 338 g/mol. The lowest BCUT2D eigenvalue weighted by Crippen LogP contribution is -2.41. The van der Waals surface area contributed by atoms with Crippen LogP contribution in [0.5, 0.6) is 0 Å². The molecular formula is C15H22N4OS2. The minimum Gasteiger partial charge on any atom is -0.354 e.